The van der Waals surface area contributed by atoms with E-state index in [-0.39, 0.29) is 12.1 Å². The first kappa shape index (κ1) is 9.31. The van der Waals surface area contributed by atoms with Crippen LogP contribution in [0, 0.1) is 11.5 Å². The van der Waals surface area contributed by atoms with E-state index in [9.17, 15) is 4.79 Å². The number of hydrogen-bond donors (Lipinski definition) is 1. The monoisotopic (exact) mass is 227 g/mol. The molecule has 1 aliphatic heterocycles. The lowest BCUT2D eigenvalue weighted by atomic mass is 10.2. The van der Waals surface area contributed by atoms with Crippen LogP contribution >= 0.6 is 22.9 Å². The minimum absolute atomic E-state index is 0.111. The van der Waals surface area contributed by atoms with Gasteiger partial charge in [0.05, 0.1) is 16.9 Å². The topological polar surface area (TPSA) is 56.1 Å². The van der Waals surface area contributed by atoms with Crippen LogP contribution in [0.3, 0.4) is 0 Å². The number of thiophene rings is 1. The van der Waals surface area contributed by atoms with Crippen LogP contribution in [0.1, 0.15) is 10.9 Å². The molecule has 1 saturated heterocycles. The third kappa shape index (κ3) is 1.54. The number of amides is 2. The molecule has 2 amide bonds. The van der Waals surface area contributed by atoms with E-state index < -0.39 is 0 Å². The second-order valence-electron chi connectivity index (χ2n) is 2.85. The molecule has 6 heteroatoms. The van der Waals surface area contributed by atoms with Gasteiger partial charge in [-0.2, -0.15) is 5.26 Å². The van der Waals surface area contributed by atoms with Crippen molar-refractivity contribution in [2.45, 2.75) is 6.04 Å². The van der Waals surface area contributed by atoms with Gasteiger partial charge in [0.25, 0.3) is 0 Å². The maximum absolute atomic E-state index is 11.2. The maximum Gasteiger partial charge on any atom is 0.331 e. The first-order valence-corrected chi connectivity index (χ1v) is 5.13. The third-order valence-corrected chi connectivity index (χ3v) is 3.31. The van der Waals surface area contributed by atoms with Crippen molar-refractivity contribution in [2.75, 3.05) is 6.54 Å². The minimum atomic E-state index is -0.345. The van der Waals surface area contributed by atoms with Gasteiger partial charge in [-0.3, -0.25) is 0 Å². The van der Waals surface area contributed by atoms with Crippen LogP contribution in [0.2, 0.25) is 4.34 Å². The smallest absolute Gasteiger partial charge is 0.328 e. The Labute approximate surface area is 89.7 Å². The minimum Gasteiger partial charge on any atom is -0.328 e. The fraction of sp³-hybridized carbons (Fsp3) is 0.250. The zero-order valence-electron chi connectivity index (χ0n) is 7.03. The number of nitrogens with zero attached hydrogens (tertiary/aromatic N) is 2. The van der Waals surface area contributed by atoms with E-state index in [2.05, 4.69) is 5.32 Å². The Bertz CT molecular complexity index is 411. The second kappa shape index (κ2) is 3.48. The number of rotatable bonds is 1. The molecular formula is C8H6ClN3OS. The lowest BCUT2D eigenvalue weighted by Crippen LogP contribution is -2.23. The van der Waals surface area contributed by atoms with E-state index in [1.165, 1.54) is 11.3 Å². The van der Waals surface area contributed by atoms with Gasteiger partial charge < -0.3 is 5.32 Å². The van der Waals surface area contributed by atoms with E-state index in [4.69, 9.17) is 16.9 Å². The molecule has 72 valence electrons. The van der Waals surface area contributed by atoms with Crippen LogP contribution in [0.15, 0.2) is 12.1 Å². The van der Waals surface area contributed by atoms with Gasteiger partial charge in [-0.25, -0.2) is 9.69 Å². The summed E-state index contributed by atoms with van der Waals surface area (Å²) in [5.41, 5.74) is 0. The molecule has 1 aliphatic rings. The Balaban J connectivity index is 2.17. The summed E-state index contributed by atoms with van der Waals surface area (Å²) in [6.45, 7) is 0.381. The molecule has 1 aromatic heterocycles. The van der Waals surface area contributed by atoms with Gasteiger partial charge in [-0.05, 0) is 12.1 Å². The molecule has 14 heavy (non-hydrogen) atoms. The highest BCUT2D eigenvalue weighted by atomic mass is 35.5. The van der Waals surface area contributed by atoms with Crippen LogP contribution in [-0.2, 0) is 0 Å². The lowest BCUT2D eigenvalue weighted by molar-refractivity contribution is 0.232. The molecule has 1 unspecified atom stereocenters. The first-order chi connectivity index (χ1) is 6.70. The highest BCUT2D eigenvalue weighted by Gasteiger charge is 2.30. The van der Waals surface area contributed by atoms with Crippen LogP contribution in [0.4, 0.5) is 4.79 Å². The van der Waals surface area contributed by atoms with Gasteiger partial charge in [0, 0.05) is 4.88 Å². The Kier molecular flexibility index (Phi) is 2.32. The van der Waals surface area contributed by atoms with Crippen molar-refractivity contribution >= 4 is 29.0 Å². The molecule has 0 bridgehead atoms. The predicted octanol–water partition coefficient (Wildman–Crippen LogP) is 1.95. The number of carbonyl (C=O) groups excluding carboxylic acids is 1. The molecular weight excluding hydrogens is 222 g/mol. The van der Waals surface area contributed by atoms with Gasteiger partial charge in [0.15, 0.2) is 6.19 Å². The fourth-order valence-electron chi connectivity index (χ4n) is 1.30. The molecule has 0 saturated carbocycles. The van der Waals surface area contributed by atoms with Crippen LogP contribution < -0.4 is 5.32 Å². The summed E-state index contributed by atoms with van der Waals surface area (Å²) in [6.07, 6.45) is 1.81. The third-order valence-electron chi connectivity index (χ3n) is 1.97. The van der Waals surface area contributed by atoms with Crippen LogP contribution in [0.25, 0.3) is 0 Å². The Hall–Kier alpha value is -1.25. The molecule has 1 atom stereocenters. The molecule has 1 aromatic rings. The molecule has 1 fully saturated rings. The summed E-state index contributed by atoms with van der Waals surface area (Å²) in [5, 5.41) is 11.3. The normalized spacial score (nSPS) is 20.7. The quantitative estimate of drug-likeness (QED) is 0.746. The molecule has 0 aromatic carbocycles. The lowest BCUT2D eigenvalue weighted by Gasteiger charge is -2.03. The Morgan fingerprint density at radius 3 is 3.00 bits per heavy atom. The van der Waals surface area contributed by atoms with E-state index in [0.717, 1.165) is 9.78 Å². The number of carbonyl (C=O) groups is 1. The van der Waals surface area contributed by atoms with E-state index in [1.54, 1.807) is 6.07 Å². The predicted molar refractivity (Wildman–Crippen MR) is 52.9 cm³/mol. The van der Waals surface area contributed by atoms with Crippen molar-refractivity contribution in [2.24, 2.45) is 0 Å². The van der Waals surface area contributed by atoms with Crippen molar-refractivity contribution in [3.05, 3.63) is 21.3 Å². The number of urea groups is 1. The molecule has 0 aliphatic carbocycles. The standard InChI is InChI=1S/C8H6ClN3OS/c9-7-2-1-6(14-7)5-3-12(4-10)8(13)11-5/h1-2,5H,3H2,(H,11,13). The van der Waals surface area contributed by atoms with Gasteiger partial charge >= 0.3 is 6.03 Å². The van der Waals surface area contributed by atoms with E-state index in [0.29, 0.717) is 10.9 Å². The van der Waals surface area contributed by atoms with Crippen LogP contribution in [-0.4, -0.2) is 17.5 Å². The highest BCUT2D eigenvalue weighted by molar-refractivity contribution is 7.16. The van der Waals surface area contributed by atoms with E-state index in [1.807, 2.05) is 12.3 Å². The zero-order valence-corrected chi connectivity index (χ0v) is 8.60. The summed E-state index contributed by atoms with van der Waals surface area (Å²) >= 11 is 7.19. The fourth-order valence-corrected chi connectivity index (χ4v) is 2.40. The molecule has 4 nitrogen and oxygen atoms in total. The van der Waals surface area contributed by atoms with Crippen molar-refractivity contribution in [1.82, 2.24) is 10.2 Å². The van der Waals surface area contributed by atoms with Crippen molar-refractivity contribution in [3.63, 3.8) is 0 Å². The molecule has 2 heterocycles. The van der Waals surface area contributed by atoms with Crippen molar-refractivity contribution in [3.8, 4) is 6.19 Å². The molecule has 1 N–H and O–H groups in total. The summed E-state index contributed by atoms with van der Waals surface area (Å²) in [7, 11) is 0. The van der Waals surface area contributed by atoms with E-state index >= 15 is 0 Å². The van der Waals surface area contributed by atoms with Crippen molar-refractivity contribution < 1.29 is 4.79 Å². The van der Waals surface area contributed by atoms with Gasteiger partial charge in [0.1, 0.15) is 0 Å². The highest BCUT2D eigenvalue weighted by Crippen LogP contribution is 2.29. The SMILES string of the molecule is N#CN1CC(c2ccc(Cl)s2)NC1=O. The number of halogens is 1. The van der Waals surface area contributed by atoms with Gasteiger partial charge in [0.2, 0.25) is 0 Å². The molecule has 0 radical (unpaired) electrons. The zero-order chi connectivity index (χ0) is 10.1. The summed E-state index contributed by atoms with van der Waals surface area (Å²) in [6, 6.07) is 3.18. The Morgan fingerprint density at radius 2 is 2.50 bits per heavy atom. The van der Waals surface area contributed by atoms with Gasteiger partial charge in [-0.15, -0.1) is 11.3 Å². The van der Waals surface area contributed by atoms with Crippen molar-refractivity contribution in [1.29, 1.82) is 5.26 Å². The number of nitrogens with one attached hydrogen (secondary N) is 1. The average Bonchev–Trinajstić information content (AvgIpc) is 2.71. The average molecular weight is 228 g/mol. The molecule has 0 spiro atoms. The first-order valence-electron chi connectivity index (χ1n) is 3.93. The van der Waals surface area contributed by atoms with Crippen LogP contribution in [0.5, 0.6) is 0 Å². The summed E-state index contributed by atoms with van der Waals surface area (Å²) in [5.74, 6) is 0. The second-order valence-corrected chi connectivity index (χ2v) is 4.60. The Morgan fingerprint density at radius 1 is 1.71 bits per heavy atom. The summed E-state index contributed by atoms with van der Waals surface area (Å²) in [4.78, 5) is 13.2. The largest absolute Gasteiger partial charge is 0.331 e. The maximum atomic E-state index is 11.2. The molecule has 2 rings (SSSR count). The van der Waals surface area contributed by atoms with Gasteiger partial charge in [-0.1, -0.05) is 11.6 Å². The summed E-state index contributed by atoms with van der Waals surface area (Å²) < 4.78 is 0.685. The number of hydrogen-bond acceptors (Lipinski definition) is 3. The number of nitriles is 1.